The summed E-state index contributed by atoms with van der Waals surface area (Å²) in [4.78, 5) is 29.5. The summed E-state index contributed by atoms with van der Waals surface area (Å²) in [6, 6.07) is 11.2. The lowest BCUT2D eigenvalue weighted by atomic mass is 9.95. The third-order valence-corrected chi connectivity index (χ3v) is 5.86. The average Bonchev–Trinajstić information content (AvgIpc) is 3.04. The molecule has 1 N–H and O–H groups in total. The minimum absolute atomic E-state index is 0.0130. The molecule has 31 heavy (non-hydrogen) atoms. The summed E-state index contributed by atoms with van der Waals surface area (Å²) in [6.07, 6.45) is 0. The highest BCUT2D eigenvalue weighted by molar-refractivity contribution is 6.46. The van der Waals surface area contributed by atoms with Crippen LogP contribution in [-0.4, -0.2) is 66.0 Å². The largest absolute Gasteiger partial charge is 0.507 e. The lowest BCUT2D eigenvalue weighted by Crippen LogP contribution is -2.42. The third-order valence-electron chi connectivity index (χ3n) is 5.60. The van der Waals surface area contributed by atoms with E-state index in [1.54, 1.807) is 24.3 Å². The maximum atomic E-state index is 13.3. The summed E-state index contributed by atoms with van der Waals surface area (Å²) in [6.45, 7) is 3.67. The molecule has 162 valence electrons. The van der Waals surface area contributed by atoms with Crippen LogP contribution in [0.15, 0.2) is 54.1 Å². The molecular weight excluding hydrogens is 423 g/mol. The minimum Gasteiger partial charge on any atom is -0.507 e. The van der Waals surface area contributed by atoms with E-state index in [0.29, 0.717) is 36.9 Å². The Morgan fingerprint density at radius 2 is 1.68 bits per heavy atom. The van der Waals surface area contributed by atoms with Gasteiger partial charge in [-0.2, -0.15) is 0 Å². The first-order valence-corrected chi connectivity index (χ1v) is 10.4. The average molecular weight is 445 g/mol. The topological polar surface area (TPSA) is 70.1 Å². The molecule has 0 spiro atoms. The highest BCUT2D eigenvalue weighted by Gasteiger charge is 2.46. The number of rotatable bonds is 5. The standard InChI is InChI=1S/C23H22ClFN2O4/c24-17-5-1-15(2-6-17)20-19(21(28)16-3-7-18(25)8-4-16)22(29)23(30)27(20)10-9-26-11-13-31-14-12-26/h1-8,20,28H,9-14H2/t20-/m1/s1. The molecule has 2 aliphatic heterocycles. The van der Waals surface area contributed by atoms with E-state index in [2.05, 4.69) is 4.90 Å². The summed E-state index contributed by atoms with van der Waals surface area (Å²) >= 11 is 6.02. The molecule has 0 saturated carbocycles. The van der Waals surface area contributed by atoms with Crippen LogP contribution in [0.25, 0.3) is 5.76 Å². The summed E-state index contributed by atoms with van der Waals surface area (Å²) < 4.78 is 18.7. The number of aliphatic hydroxyl groups excluding tert-OH is 1. The maximum Gasteiger partial charge on any atom is 0.295 e. The van der Waals surface area contributed by atoms with E-state index in [9.17, 15) is 19.1 Å². The molecule has 2 heterocycles. The normalized spacial score (nSPS) is 21.6. The van der Waals surface area contributed by atoms with Crippen molar-refractivity contribution in [3.8, 4) is 0 Å². The number of carbonyl (C=O) groups is 2. The van der Waals surface area contributed by atoms with Crippen molar-refractivity contribution >= 4 is 29.1 Å². The molecule has 2 fully saturated rings. The summed E-state index contributed by atoms with van der Waals surface area (Å²) in [7, 11) is 0. The molecule has 8 heteroatoms. The lowest BCUT2D eigenvalue weighted by molar-refractivity contribution is -0.140. The van der Waals surface area contributed by atoms with Crippen molar-refractivity contribution in [1.29, 1.82) is 0 Å². The van der Waals surface area contributed by atoms with Gasteiger partial charge in [-0.1, -0.05) is 23.7 Å². The van der Waals surface area contributed by atoms with Crippen molar-refractivity contribution in [2.45, 2.75) is 6.04 Å². The minimum atomic E-state index is -0.761. The number of halogens is 2. The second-order valence-electron chi connectivity index (χ2n) is 7.50. The Morgan fingerprint density at radius 3 is 2.32 bits per heavy atom. The fourth-order valence-electron chi connectivity index (χ4n) is 3.94. The van der Waals surface area contributed by atoms with Gasteiger partial charge >= 0.3 is 0 Å². The number of aliphatic hydroxyl groups is 1. The molecule has 1 amide bonds. The summed E-state index contributed by atoms with van der Waals surface area (Å²) in [5.41, 5.74) is 0.918. The number of ether oxygens (including phenoxy) is 1. The van der Waals surface area contributed by atoms with Gasteiger partial charge in [0.2, 0.25) is 0 Å². The number of hydrogen-bond acceptors (Lipinski definition) is 5. The van der Waals surface area contributed by atoms with Crippen LogP contribution in [-0.2, 0) is 14.3 Å². The second-order valence-corrected chi connectivity index (χ2v) is 7.94. The van der Waals surface area contributed by atoms with Gasteiger partial charge in [-0.15, -0.1) is 0 Å². The Morgan fingerprint density at radius 1 is 1.03 bits per heavy atom. The Balaban J connectivity index is 1.72. The van der Waals surface area contributed by atoms with Gasteiger partial charge in [0.05, 0.1) is 24.8 Å². The number of hydrogen-bond donors (Lipinski definition) is 1. The Bertz CT molecular complexity index is 1000. The molecule has 0 aromatic heterocycles. The van der Waals surface area contributed by atoms with E-state index >= 15 is 0 Å². The van der Waals surface area contributed by atoms with Crippen molar-refractivity contribution in [2.75, 3.05) is 39.4 Å². The Hall–Kier alpha value is -2.74. The first-order chi connectivity index (χ1) is 15.0. The number of amides is 1. The molecule has 1 atom stereocenters. The van der Waals surface area contributed by atoms with Crippen LogP contribution >= 0.6 is 11.6 Å². The van der Waals surface area contributed by atoms with E-state index in [1.165, 1.54) is 29.2 Å². The number of benzene rings is 2. The number of nitrogens with zero attached hydrogens (tertiary/aromatic N) is 2. The zero-order chi connectivity index (χ0) is 22.0. The molecule has 0 bridgehead atoms. The maximum absolute atomic E-state index is 13.3. The van der Waals surface area contributed by atoms with Gasteiger partial charge in [-0.25, -0.2) is 4.39 Å². The third kappa shape index (κ3) is 4.49. The highest BCUT2D eigenvalue weighted by atomic mass is 35.5. The van der Waals surface area contributed by atoms with Crippen molar-refractivity contribution in [3.63, 3.8) is 0 Å². The second kappa shape index (κ2) is 9.18. The van der Waals surface area contributed by atoms with Crippen LogP contribution in [0.5, 0.6) is 0 Å². The molecule has 2 saturated heterocycles. The fourth-order valence-corrected chi connectivity index (χ4v) is 4.07. The van der Waals surface area contributed by atoms with Gasteiger partial charge in [0.15, 0.2) is 0 Å². The van der Waals surface area contributed by atoms with E-state index in [-0.39, 0.29) is 16.9 Å². The first-order valence-electron chi connectivity index (χ1n) is 10.1. The van der Waals surface area contributed by atoms with Crippen molar-refractivity contribution in [3.05, 3.63) is 76.1 Å². The molecule has 0 unspecified atom stereocenters. The number of ketones is 1. The molecule has 2 aromatic rings. The van der Waals surface area contributed by atoms with Gasteiger partial charge in [-0.05, 0) is 42.0 Å². The lowest BCUT2D eigenvalue weighted by Gasteiger charge is -2.31. The quantitative estimate of drug-likeness (QED) is 0.435. The van der Waals surface area contributed by atoms with Gasteiger partial charge in [-0.3, -0.25) is 14.5 Å². The first kappa shape index (κ1) is 21.5. The predicted molar refractivity (Wildman–Crippen MR) is 114 cm³/mol. The number of morpholine rings is 1. The molecule has 4 rings (SSSR count). The summed E-state index contributed by atoms with van der Waals surface area (Å²) in [5, 5.41) is 11.4. The van der Waals surface area contributed by atoms with E-state index < -0.39 is 23.5 Å². The SMILES string of the molecule is O=C1C(=O)N(CCN2CCOCC2)[C@H](c2ccc(Cl)cc2)C1=C(O)c1ccc(F)cc1. The van der Waals surface area contributed by atoms with E-state index in [4.69, 9.17) is 16.3 Å². The number of likely N-dealkylation sites (tertiary alicyclic amines) is 1. The highest BCUT2D eigenvalue weighted by Crippen LogP contribution is 2.39. The number of carbonyl (C=O) groups excluding carboxylic acids is 2. The zero-order valence-electron chi connectivity index (χ0n) is 16.8. The van der Waals surface area contributed by atoms with Gasteiger partial charge in [0.1, 0.15) is 11.6 Å². The van der Waals surface area contributed by atoms with Crippen LogP contribution in [0.2, 0.25) is 5.02 Å². The van der Waals surface area contributed by atoms with Crippen LogP contribution in [0.1, 0.15) is 17.2 Å². The Labute approximate surface area is 184 Å². The van der Waals surface area contributed by atoms with Crippen LogP contribution in [0.4, 0.5) is 4.39 Å². The number of Topliss-reactive ketones (excluding diaryl/α,β-unsaturated/α-hetero) is 1. The van der Waals surface area contributed by atoms with Crippen molar-refractivity contribution < 1.29 is 23.8 Å². The van der Waals surface area contributed by atoms with Crippen LogP contribution < -0.4 is 0 Å². The molecule has 0 radical (unpaired) electrons. The molecule has 2 aromatic carbocycles. The Kier molecular flexibility index (Phi) is 6.36. The van der Waals surface area contributed by atoms with Crippen molar-refractivity contribution in [2.24, 2.45) is 0 Å². The monoisotopic (exact) mass is 444 g/mol. The molecule has 6 nitrogen and oxygen atoms in total. The molecule has 2 aliphatic rings. The van der Waals surface area contributed by atoms with Crippen LogP contribution in [0, 0.1) is 5.82 Å². The molecular formula is C23H22ClFN2O4. The van der Waals surface area contributed by atoms with E-state index in [0.717, 1.165) is 13.1 Å². The van der Waals surface area contributed by atoms with Gasteiger partial charge < -0.3 is 14.7 Å². The van der Waals surface area contributed by atoms with Gasteiger partial charge in [0, 0.05) is 36.8 Å². The van der Waals surface area contributed by atoms with E-state index in [1.807, 2.05) is 0 Å². The molecule has 0 aliphatic carbocycles. The van der Waals surface area contributed by atoms with Crippen molar-refractivity contribution in [1.82, 2.24) is 9.80 Å². The van der Waals surface area contributed by atoms with Crippen LogP contribution in [0.3, 0.4) is 0 Å². The van der Waals surface area contributed by atoms with Gasteiger partial charge in [0.25, 0.3) is 11.7 Å². The zero-order valence-corrected chi connectivity index (χ0v) is 17.5. The smallest absolute Gasteiger partial charge is 0.295 e. The summed E-state index contributed by atoms with van der Waals surface area (Å²) in [5.74, 6) is -2.22. The predicted octanol–water partition coefficient (Wildman–Crippen LogP) is 3.23. The fraction of sp³-hybridized carbons (Fsp3) is 0.304.